The SMILES string of the molecule is NN(C(=O)Cn1cccc1)C(=O)[C@@H]1CC[C@@H]2CN1C(=O)N2OS(=O)(=O)O. The van der Waals surface area contributed by atoms with Crippen LogP contribution in [0.3, 0.4) is 0 Å². The molecule has 2 aliphatic heterocycles. The number of hydroxylamine groups is 2. The van der Waals surface area contributed by atoms with E-state index in [0.717, 1.165) is 4.90 Å². The molecule has 0 saturated carbocycles. The van der Waals surface area contributed by atoms with Crippen LogP contribution >= 0.6 is 0 Å². The molecule has 1 aromatic rings. The molecule has 2 fully saturated rings. The first kappa shape index (κ1) is 18.3. The number of urea groups is 1. The van der Waals surface area contributed by atoms with Crippen molar-refractivity contribution in [3.63, 3.8) is 0 Å². The number of nitrogens with zero attached hydrogens (tertiary/aromatic N) is 4. The first-order chi connectivity index (χ1) is 12.2. The summed E-state index contributed by atoms with van der Waals surface area (Å²) in [4.78, 5) is 38.0. The maximum atomic E-state index is 12.5. The average Bonchev–Trinajstić information content (AvgIpc) is 3.16. The molecule has 0 radical (unpaired) electrons. The number of aromatic nitrogens is 1. The molecule has 0 aromatic carbocycles. The Balaban J connectivity index is 1.69. The summed E-state index contributed by atoms with van der Waals surface area (Å²) in [5, 5.41) is 0.982. The number of fused-ring (bicyclic) bond motifs is 2. The van der Waals surface area contributed by atoms with E-state index in [1.807, 2.05) is 0 Å². The zero-order valence-electron chi connectivity index (χ0n) is 13.5. The van der Waals surface area contributed by atoms with Crippen molar-refractivity contribution < 1.29 is 31.6 Å². The number of hydrazine groups is 1. The lowest BCUT2D eigenvalue weighted by Gasteiger charge is -2.31. The molecule has 0 aliphatic carbocycles. The number of amides is 4. The topological polar surface area (TPSA) is 155 Å². The number of nitrogens with two attached hydrogens (primary N) is 1. The monoisotopic (exact) mass is 387 g/mol. The standard InChI is InChI=1S/C13H17N5O7S/c14-17(11(19)8-15-5-1-2-6-15)12(20)10-4-3-9-7-16(10)13(21)18(9)25-26(22,23)24/h1-2,5-6,9-10H,3-4,7-8,14H2,(H,22,23,24)/t9-,10+/m1/s1. The zero-order chi connectivity index (χ0) is 19.1. The van der Waals surface area contributed by atoms with Gasteiger partial charge in [0.2, 0.25) is 0 Å². The number of rotatable bonds is 5. The Kier molecular flexibility index (Phi) is 4.70. The van der Waals surface area contributed by atoms with E-state index in [1.54, 1.807) is 24.5 Å². The van der Waals surface area contributed by atoms with E-state index in [0.29, 0.717) is 10.1 Å². The molecule has 142 valence electrons. The van der Waals surface area contributed by atoms with Gasteiger partial charge < -0.3 is 9.47 Å². The number of hydrogen-bond acceptors (Lipinski definition) is 7. The summed E-state index contributed by atoms with van der Waals surface area (Å²) >= 11 is 0. The summed E-state index contributed by atoms with van der Waals surface area (Å²) in [5.41, 5.74) is 0. The van der Waals surface area contributed by atoms with E-state index < -0.39 is 40.3 Å². The maximum Gasteiger partial charge on any atom is 0.418 e. The summed E-state index contributed by atoms with van der Waals surface area (Å²) in [6.07, 6.45) is 3.69. The fourth-order valence-electron chi connectivity index (χ4n) is 3.08. The van der Waals surface area contributed by atoms with Crippen molar-refractivity contribution in [1.29, 1.82) is 0 Å². The van der Waals surface area contributed by atoms with Crippen LogP contribution in [0.15, 0.2) is 24.5 Å². The summed E-state index contributed by atoms with van der Waals surface area (Å²) in [6, 6.07) is 0.880. The highest BCUT2D eigenvalue weighted by Crippen LogP contribution is 2.31. The Labute approximate surface area is 148 Å². The van der Waals surface area contributed by atoms with Gasteiger partial charge in [-0.1, -0.05) is 0 Å². The van der Waals surface area contributed by atoms with E-state index in [-0.39, 0.29) is 25.9 Å². The van der Waals surface area contributed by atoms with Crippen LogP contribution < -0.4 is 5.84 Å². The molecular weight excluding hydrogens is 370 g/mol. The number of carbonyl (C=O) groups excluding carboxylic acids is 3. The van der Waals surface area contributed by atoms with Gasteiger partial charge in [0.05, 0.1) is 6.04 Å². The highest BCUT2D eigenvalue weighted by atomic mass is 32.3. The zero-order valence-corrected chi connectivity index (χ0v) is 14.3. The van der Waals surface area contributed by atoms with Crippen LogP contribution in [0.2, 0.25) is 0 Å². The van der Waals surface area contributed by atoms with E-state index in [9.17, 15) is 22.8 Å². The van der Waals surface area contributed by atoms with Crippen LogP contribution in [0.25, 0.3) is 0 Å². The predicted molar refractivity (Wildman–Crippen MR) is 83.9 cm³/mol. The van der Waals surface area contributed by atoms with Gasteiger partial charge in [0.25, 0.3) is 11.8 Å². The van der Waals surface area contributed by atoms with Gasteiger partial charge in [0, 0.05) is 18.9 Å². The second-order valence-electron chi connectivity index (χ2n) is 5.97. The van der Waals surface area contributed by atoms with Gasteiger partial charge in [0.15, 0.2) is 0 Å². The van der Waals surface area contributed by atoms with Crippen LogP contribution in [0.4, 0.5) is 4.79 Å². The normalized spacial score (nSPS) is 22.6. The van der Waals surface area contributed by atoms with Crippen LogP contribution in [0.5, 0.6) is 0 Å². The largest absolute Gasteiger partial charge is 0.418 e. The highest BCUT2D eigenvalue weighted by Gasteiger charge is 2.50. The van der Waals surface area contributed by atoms with Gasteiger partial charge in [0.1, 0.15) is 12.6 Å². The predicted octanol–water partition coefficient (Wildman–Crippen LogP) is -1.28. The Hall–Kier alpha value is -2.48. The van der Waals surface area contributed by atoms with E-state index in [1.165, 1.54) is 4.57 Å². The minimum atomic E-state index is -4.87. The second kappa shape index (κ2) is 6.68. The van der Waals surface area contributed by atoms with Gasteiger partial charge in [-0.25, -0.2) is 15.6 Å². The van der Waals surface area contributed by atoms with Crippen molar-refractivity contribution in [3.05, 3.63) is 24.5 Å². The third kappa shape index (κ3) is 3.55. The van der Waals surface area contributed by atoms with Crippen LogP contribution in [-0.2, 0) is 30.8 Å². The van der Waals surface area contributed by atoms with Crippen molar-refractivity contribution in [2.75, 3.05) is 6.54 Å². The molecule has 2 bridgehead atoms. The average molecular weight is 387 g/mol. The Morgan fingerprint density at radius 1 is 1.31 bits per heavy atom. The fourth-order valence-corrected chi connectivity index (χ4v) is 3.47. The van der Waals surface area contributed by atoms with Crippen LogP contribution in [0, 0.1) is 0 Å². The minimum absolute atomic E-state index is 0.0182. The lowest BCUT2D eigenvalue weighted by Crippen LogP contribution is -2.55. The molecule has 3 rings (SSSR count). The van der Waals surface area contributed by atoms with Crippen molar-refractivity contribution in [1.82, 2.24) is 19.5 Å². The Morgan fingerprint density at radius 3 is 2.58 bits per heavy atom. The molecule has 13 heteroatoms. The molecule has 1 aromatic heterocycles. The molecule has 4 amide bonds. The van der Waals surface area contributed by atoms with Crippen molar-refractivity contribution in [2.45, 2.75) is 31.5 Å². The fraction of sp³-hybridized carbons (Fsp3) is 0.462. The molecular formula is C13H17N5O7S. The second-order valence-corrected chi connectivity index (χ2v) is 6.97. The summed E-state index contributed by atoms with van der Waals surface area (Å²) < 4.78 is 36.3. The number of hydrogen-bond donors (Lipinski definition) is 2. The molecule has 2 aliphatic rings. The number of piperidine rings is 1. The molecule has 0 spiro atoms. The maximum absolute atomic E-state index is 12.5. The van der Waals surface area contributed by atoms with Crippen LogP contribution in [0.1, 0.15) is 12.8 Å². The van der Waals surface area contributed by atoms with Crippen molar-refractivity contribution >= 4 is 28.2 Å². The molecule has 0 unspecified atom stereocenters. The summed E-state index contributed by atoms with van der Waals surface area (Å²) in [7, 11) is -4.87. The van der Waals surface area contributed by atoms with Crippen molar-refractivity contribution in [3.8, 4) is 0 Å². The van der Waals surface area contributed by atoms with Gasteiger partial charge in [-0.15, -0.1) is 4.28 Å². The molecule has 2 atom stereocenters. The smallest absolute Gasteiger partial charge is 0.345 e. The molecule has 3 heterocycles. The van der Waals surface area contributed by atoms with E-state index >= 15 is 0 Å². The molecule has 3 N–H and O–H groups in total. The van der Waals surface area contributed by atoms with Gasteiger partial charge in [-0.2, -0.15) is 13.5 Å². The summed E-state index contributed by atoms with van der Waals surface area (Å²) in [5.74, 6) is 4.19. The third-order valence-corrected chi connectivity index (χ3v) is 4.62. The summed E-state index contributed by atoms with van der Waals surface area (Å²) in [6.45, 7) is -0.124. The van der Waals surface area contributed by atoms with E-state index in [2.05, 4.69) is 4.28 Å². The number of carbonyl (C=O) groups is 3. The third-order valence-electron chi connectivity index (χ3n) is 4.27. The molecule has 2 saturated heterocycles. The van der Waals surface area contributed by atoms with Gasteiger partial charge in [-0.05, 0) is 25.0 Å². The van der Waals surface area contributed by atoms with Crippen LogP contribution in [-0.4, -0.2) is 69.0 Å². The van der Waals surface area contributed by atoms with Gasteiger partial charge in [-0.3, -0.25) is 14.1 Å². The first-order valence-electron chi connectivity index (χ1n) is 7.66. The number of imide groups is 1. The highest BCUT2D eigenvalue weighted by molar-refractivity contribution is 7.80. The first-order valence-corrected chi connectivity index (χ1v) is 9.03. The Morgan fingerprint density at radius 2 is 1.96 bits per heavy atom. The van der Waals surface area contributed by atoms with Gasteiger partial charge >= 0.3 is 16.4 Å². The quantitative estimate of drug-likeness (QED) is 0.274. The lowest BCUT2D eigenvalue weighted by molar-refractivity contribution is -0.149. The molecule has 12 nitrogen and oxygen atoms in total. The minimum Gasteiger partial charge on any atom is -0.345 e. The van der Waals surface area contributed by atoms with E-state index in [4.69, 9.17) is 10.4 Å². The Bertz CT molecular complexity index is 824. The molecule has 26 heavy (non-hydrogen) atoms. The van der Waals surface area contributed by atoms with Crippen molar-refractivity contribution in [2.24, 2.45) is 5.84 Å². The lowest BCUT2D eigenvalue weighted by atomic mass is 10.00.